The number of alkyl halides is 3. The van der Waals surface area contributed by atoms with Gasteiger partial charge in [-0.15, -0.1) is 0 Å². The van der Waals surface area contributed by atoms with E-state index in [1.165, 1.54) is 10.4 Å². The third-order valence-electron chi connectivity index (χ3n) is 8.09. The van der Waals surface area contributed by atoms with Crippen LogP contribution >= 0.6 is 0 Å². The molecule has 1 unspecified atom stereocenters. The Bertz CT molecular complexity index is 1870. The van der Waals surface area contributed by atoms with Crippen LogP contribution in [0.1, 0.15) is 29.5 Å². The maximum atomic E-state index is 13.9. The lowest BCUT2D eigenvalue weighted by molar-refractivity contribution is -0.142. The molecule has 0 bridgehead atoms. The van der Waals surface area contributed by atoms with Gasteiger partial charge in [-0.2, -0.15) is 22.7 Å². The largest absolute Gasteiger partial charge is 0.417 e. The van der Waals surface area contributed by atoms with E-state index >= 15 is 0 Å². The molecule has 1 aliphatic heterocycles. The van der Waals surface area contributed by atoms with Crippen LogP contribution in [-0.2, 0) is 27.4 Å². The molecule has 2 heterocycles. The van der Waals surface area contributed by atoms with Crippen molar-refractivity contribution >= 4 is 21.6 Å². The molecule has 0 radical (unpaired) electrons. The van der Waals surface area contributed by atoms with Gasteiger partial charge in [0.15, 0.2) is 0 Å². The first kappa shape index (κ1) is 32.7. The Balaban J connectivity index is 1.45. The second kappa shape index (κ2) is 13.0. The first-order chi connectivity index (χ1) is 21.8. The molecule has 1 saturated heterocycles. The number of nitrogens with one attached hydrogen (secondary N) is 1. The molecule has 1 amide bonds. The number of nitriles is 1. The van der Waals surface area contributed by atoms with Crippen LogP contribution in [0.25, 0.3) is 11.1 Å². The zero-order valence-corrected chi connectivity index (χ0v) is 25.0. The highest BCUT2D eigenvalue weighted by molar-refractivity contribution is 7.89. The summed E-state index contributed by atoms with van der Waals surface area (Å²) in [5.41, 5.74) is -2.12. The van der Waals surface area contributed by atoms with Crippen LogP contribution in [0.3, 0.4) is 0 Å². The Morgan fingerprint density at radius 3 is 2.28 bits per heavy atom. The van der Waals surface area contributed by atoms with Crippen molar-refractivity contribution in [3.05, 3.63) is 114 Å². The second-order valence-corrected chi connectivity index (χ2v) is 12.9. The molecule has 4 aromatic rings. The summed E-state index contributed by atoms with van der Waals surface area (Å²) in [6, 6.07) is 19.3. The summed E-state index contributed by atoms with van der Waals surface area (Å²) in [7, 11) is -3.99. The number of sulfonamides is 1. The Morgan fingerprint density at radius 2 is 1.65 bits per heavy atom. The summed E-state index contributed by atoms with van der Waals surface area (Å²) < 4.78 is 81.9. The molecular formula is C33H28F4N4O4S. The fourth-order valence-electron chi connectivity index (χ4n) is 5.65. The molecule has 1 atom stereocenters. The molecule has 1 aliphatic rings. The molecule has 46 heavy (non-hydrogen) atoms. The Hall–Kier alpha value is -4.64. The number of anilines is 1. The van der Waals surface area contributed by atoms with Gasteiger partial charge in [-0.25, -0.2) is 12.8 Å². The number of carbonyl (C=O) groups excluding carboxylic acids is 1. The quantitative estimate of drug-likeness (QED) is 0.232. The maximum Gasteiger partial charge on any atom is 0.417 e. The van der Waals surface area contributed by atoms with Crippen molar-refractivity contribution in [3.8, 4) is 17.2 Å². The van der Waals surface area contributed by atoms with Gasteiger partial charge in [0.1, 0.15) is 11.4 Å². The fraction of sp³-hybridized carbons (Fsp3) is 0.242. The predicted molar refractivity (Wildman–Crippen MR) is 161 cm³/mol. The van der Waals surface area contributed by atoms with Crippen molar-refractivity contribution in [2.75, 3.05) is 18.4 Å². The lowest BCUT2D eigenvalue weighted by atomic mass is 9.76. The molecule has 8 nitrogen and oxygen atoms in total. The normalized spacial score (nSPS) is 15.9. The first-order valence-electron chi connectivity index (χ1n) is 14.2. The number of aliphatic hydroxyl groups is 1. The number of hydrogen-bond acceptors (Lipinski definition) is 6. The van der Waals surface area contributed by atoms with Crippen LogP contribution in [0.5, 0.6) is 0 Å². The monoisotopic (exact) mass is 652 g/mol. The third-order valence-corrected chi connectivity index (χ3v) is 10.0. The minimum atomic E-state index is -4.86. The van der Waals surface area contributed by atoms with Crippen molar-refractivity contribution in [2.24, 2.45) is 5.92 Å². The van der Waals surface area contributed by atoms with Gasteiger partial charge in [0.25, 0.3) is 5.91 Å². The summed E-state index contributed by atoms with van der Waals surface area (Å²) in [4.78, 5) is 17.8. The van der Waals surface area contributed by atoms with E-state index in [9.17, 15) is 35.9 Å². The van der Waals surface area contributed by atoms with E-state index in [0.29, 0.717) is 11.6 Å². The molecule has 1 fully saturated rings. The van der Waals surface area contributed by atoms with Crippen molar-refractivity contribution in [1.29, 1.82) is 5.26 Å². The summed E-state index contributed by atoms with van der Waals surface area (Å²) in [6.45, 7) is -0.127. The number of rotatable bonds is 8. The highest BCUT2D eigenvalue weighted by atomic mass is 32.2. The smallest absolute Gasteiger partial charge is 0.379 e. The van der Waals surface area contributed by atoms with E-state index in [-0.39, 0.29) is 42.9 Å². The van der Waals surface area contributed by atoms with E-state index < -0.39 is 50.6 Å². The van der Waals surface area contributed by atoms with Gasteiger partial charge in [0, 0.05) is 37.6 Å². The molecule has 0 saturated carbocycles. The second-order valence-electron chi connectivity index (χ2n) is 11.0. The fourth-order valence-corrected chi connectivity index (χ4v) is 7.12. The van der Waals surface area contributed by atoms with Crippen molar-refractivity contribution in [3.63, 3.8) is 0 Å². The Labute approximate surface area is 263 Å². The van der Waals surface area contributed by atoms with E-state index in [2.05, 4.69) is 10.3 Å². The van der Waals surface area contributed by atoms with Crippen LogP contribution in [0, 0.1) is 23.1 Å². The Kier molecular flexibility index (Phi) is 9.25. The average Bonchev–Trinajstić information content (AvgIpc) is 3.05. The van der Waals surface area contributed by atoms with Crippen LogP contribution < -0.4 is 5.32 Å². The molecule has 0 spiro atoms. The number of piperidine rings is 1. The van der Waals surface area contributed by atoms with Crippen LogP contribution in [-0.4, -0.2) is 47.4 Å². The summed E-state index contributed by atoms with van der Waals surface area (Å²) >= 11 is 0. The summed E-state index contributed by atoms with van der Waals surface area (Å²) in [5, 5.41) is 23.7. The topological polar surface area (TPSA) is 123 Å². The highest BCUT2D eigenvalue weighted by Crippen LogP contribution is 2.37. The lowest BCUT2D eigenvalue weighted by Crippen LogP contribution is -2.54. The predicted octanol–water partition coefficient (Wildman–Crippen LogP) is 5.79. The number of halogens is 4. The van der Waals surface area contributed by atoms with Gasteiger partial charge < -0.3 is 10.4 Å². The zero-order valence-electron chi connectivity index (χ0n) is 24.2. The number of benzene rings is 3. The number of nitrogens with zero attached hydrogens (tertiary/aromatic N) is 3. The van der Waals surface area contributed by atoms with E-state index in [1.807, 2.05) is 6.07 Å². The molecule has 238 valence electrons. The molecule has 5 rings (SSSR count). The molecule has 13 heteroatoms. The van der Waals surface area contributed by atoms with Crippen LogP contribution in [0.2, 0.25) is 0 Å². The van der Waals surface area contributed by atoms with E-state index in [4.69, 9.17) is 5.26 Å². The van der Waals surface area contributed by atoms with E-state index in [0.717, 1.165) is 47.5 Å². The van der Waals surface area contributed by atoms with Gasteiger partial charge in [0.05, 0.1) is 22.1 Å². The van der Waals surface area contributed by atoms with Crippen molar-refractivity contribution in [1.82, 2.24) is 9.29 Å². The SMILES string of the molecule is N#Cc1ccc(NC(=O)C(O)(Cc2cccc(-c3ccncc3)c2)C2CCN(S(=O)(=O)c3ccc(F)cc3)CC2)cc1C(F)(F)F. The van der Waals surface area contributed by atoms with Crippen LogP contribution in [0.15, 0.2) is 96.2 Å². The minimum Gasteiger partial charge on any atom is -0.379 e. The van der Waals surface area contributed by atoms with Crippen molar-refractivity contribution in [2.45, 2.75) is 35.9 Å². The Morgan fingerprint density at radius 1 is 0.978 bits per heavy atom. The molecule has 2 N–H and O–H groups in total. The number of carbonyl (C=O) groups is 1. The van der Waals surface area contributed by atoms with Gasteiger partial charge in [0.2, 0.25) is 10.0 Å². The standard InChI is InChI=1S/C33H28F4N4O4S/c34-27-5-8-29(9-6-27)46(44,45)41-16-12-26(13-17-41)32(43,20-22-2-1-3-24(18-22)23-10-14-39-15-11-23)31(42)40-28-7-4-25(21-38)30(19-28)33(35,36)37/h1-11,14-15,18-19,26,43H,12-13,16-17,20H2,(H,40,42). The molecule has 3 aromatic carbocycles. The third kappa shape index (κ3) is 6.94. The van der Waals surface area contributed by atoms with Gasteiger partial charge >= 0.3 is 6.18 Å². The summed E-state index contributed by atoms with van der Waals surface area (Å²) in [6.07, 6.45) is -1.75. The first-order valence-corrected chi connectivity index (χ1v) is 15.7. The molecular weight excluding hydrogens is 624 g/mol. The molecule has 1 aromatic heterocycles. The zero-order chi connectivity index (χ0) is 33.1. The average molecular weight is 653 g/mol. The van der Waals surface area contributed by atoms with Gasteiger partial charge in [-0.3, -0.25) is 9.78 Å². The number of amides is 1. The number of pyridine rings is 1. The number of aromatic nitrogens is 1. The molecule has 0 aliphatic carbocycles. The van der Waals surface area contributed by atoms with E-state index in [1.54, 1.807) is 42.7 Å². The van der Waals surface area contributed by atoms with Crippen molar-refractivity contribution < 1.29 is 35.9 Å². The lowest BCUT2D eigenvalue weighted by Gasteiger charge is -2.40. The highest BCUT2D eigenvalue weighted by Gasteiger charge is 2.46. The number of hydrogen-bond donors (Lipinski definition) is 2. The van der Waals surface area contributed by atoms with Gasteiger partial charge in [-0.05, 0) is 90.0 Å². The van der Waals surface area contributed by atoms with Gasteiger partial charge in [-0.1, -0.05) is 24.3 Å². The van der Waals surface area contributed by atoms with Crippen LogP contribution in [0.4, 0.5) is 23.2 Å². The minimum absolute atomic E-state index is 0.0512. The maximum absolute atomic E-state index is 13.9. The summed E-state index contributed by atoms with van der Waals surface area (Å²) in [5.74, 6) is -2.36.